The van der Waals surface area contributed by atoms with Crippen LogP contribution >= 0.6 is 24.8 Å². The SMILES string of the molecule is CC1CCCC(C)N1CCNC(=O)[C@@]12CCCC[C@H]1CNC2.Cl.Cl. The quantitative estimate of drug-likeness (QED) is 0.788. The largest absolute Gasteiger partial charge is 0.354 e. The van der Waals surface area contributed by atoms with Gasteiger partial charge in [0, 0.05) is 31.7 Å². The van der Waals surface area contributed by atoms with Crippen molar-refractivity contribution in [3.63, 3.8) is 0 Å². The highest BCUT2D eigenvalue weighted by molar-refractivity contribution is 5.85. The average molecular weight is 380 g/mol. The van der Waals surface area contributed by atoms with Gasteiger partial charge in [0.2, 0.25) is 5.91 Å². The van der Waals surface area contributed by atoms with Gasteiger partial charge in [0.15, 0.2) is 0 Å². The van der Waals surface area contributed by atoms with Crippen molar-refractivity contribution < 1.29 is 4.79 Å². The third-order valence-corrected chi connectivity index (χ3v) is 6.52. The third kappa shape index (κ3) is 4.38. The summed E-state index contributed by atoms with van der Waals surface area (Å²) in [4.78, 5) is 15.4. The highest BCUT2D eigenvalue weighted by atomic mass is 35.5. The summed E-state index contributed by atoms with van der Waals surface area (Å²) in [7, 11) is 0. The van der Waals surface area contributed by atoms with E-state index in [1.807, 2.05) is 0 Å². The van der Waals surface area contributed by atoms with Crippen molar-refractivity contribution in [2.45, 2.75) is 70.9 Å². The van der Waals surface area contributed by atoms with Crippen molar-refractivity contribution >= 4 is 30.7 Å². The van der Waals surface area contributed by atoms with Crippen molar-refractivity contribution in [3.8, 4) is 0 Å². The van der Waals surface area contributed by atoms with Gasteiger partial charge in [-0.1, -0.05) is 19.3 Å². The van der Waals surface area contributed by atoms with Gasteiger partial charge >= 0.3 is 0 Å². The Morgan fingerprint density at radius 2 is 1.83 bits per heavy atom. The Bertz CT molecular complexity index is 400. The molecule has 1 aliphatic carbocycles. The molecule has 2 N–H and O–H groups in total. The van der Waals surface area contributed by atoms with E-state index in [1.165, 1.54) is 38.5 Å². The summed E-state index contributed by atoms with van der Waals surface area (Å²) >= 11 is 0. The van der Waals surface area contributed by atoms with E-state index in [0.29, 0.717) is 23.9 Å². The maximum Gasteiger partial charge on any atom is 0.227 e. The molecule has 1 amide bonds. The van der Waals surface area contributed by atoms with Crippen LogP contribution in [0.15, 0.2) is 0 Å². The molecule has 24 heavy (non-hydrogen) atoms. The Morgan fingerprint density at radius 1 is 1.12 bits per heavy atom. The lowest BCUT2D eigenvalue weighted by Crippen LogP contribution is -2.51. The number of carbonyl (C=O) groups excluding carboxylic acids is 1. The number of nitrogens with one attached hydrogen (secondary N) is 2. The zero-order valence-corrected chi connectivity index (χ0v) is 16.8. The zero-order chi connectivity index (χ0) is 15.6. The molecule has 2 heterocycles. The first-order chi connectivity index (χ1) is 10.6. The fraction of sp³-hybridized carbons (Fsp3) is 0.944. The summed E-state index contributed by atoms with van der Waals surface area (Å²) in [5, 5.41) is 6.75. The highest BCUT2D eigenvalue weighted by Crippen LogP contribution is 2.43. The van der Waals surface area contributed by atoms with Gasteiger partial charge in [0.25, 0.3) is 0 Å². The fourth-order valence-electron chi connectivity index (χ4n) is 5.08. The van der Waals surface area contributed by atoms with E-state index >= 15 is 0 Å². The van der Waals surface area contributed by atoms with E-state index in [1.54, 1.807) is 0 Å². The van der Waals surface area contributed by atoms with Crippen LogP contribution in [0.2, 0.25) is 0 Å². The van der Waals surface area contributed by atoms with Gasteiger partial charge in [-0.2, -0.15) is 0 Å². The molecule has 0 radical (unpaired) electrons. The van der Waals surface area contributed by atoms with Crippen LogP contribution in [-0.2, 0) is 4.79 Å². The number of amides is 1. The number of fused-ring (bicyclic) bond motifs is 1. The molecule has 2 saturated heterocycles. The van der Waals surface area contributed by atoms with Crippen molar-refractivity contribution in [1.82, 2.24) is 15.5 Å². The molecule has 4 nitrogen and oxygen atoms in total. The van der Waals surface area contributed by atoms with E-state index in [4.69, 9.17) is 0 Å². The standard InChI is InChI=1S/C18H33N3O.2ClH/c1-14-6-5-7-15(2)21(14)11-10-20-17(22)18-9-4-3-8-16(18)12-19-13-18;;/h14-16,19H,3-13H2,1-2H3,(H,20,22);2*1H/t14?,15?,16-,18+;;/m0../s1. The lowest BCUT2D eigenvalue weighted by molar-refractivity contribution is -0.134. The van der Waals surface area contributed by atoms with Crippen LogP contribution in [0, 0.1) is 11.3 Å². The minimum absolute atomic E-state index is 0. The van der Waals surface area contributed by atoms with Crippen LogP contribution in [0.1, 0.15) is 58.8 Å². The second-order valence-electron chi connectivity index (χ2n) is 7.85. The van der Waals surface area contributed by atoms with E-state index in [0.717, 1.165) is 32.6 Å². The molecule has 6 heteroatoms. The summed E-state index contributed by atoms with van der Waals surface area (Å²) < 4.78 is 0. The molecule has 3 rings (SSSR count). The number of rotatable bonds is 4. The Morgan fingerprint density at radius 3 is 2.54 bits per heavy atom. The molecule has 3 fully saturated rings. The van der Waals surface area contributed by atoms with Gasteiger partial charge in [-0.05, 0) is 52.0 Å². The minimum atomic E-state index is -0.0998. The maximum atomic E-state index is 12.8. The first-order valence-electron chi connectivity index (χ1n) is 9.38. The molecule has 3 aliphatic rings. The highest BCUT2D eigenvalue weighted by Gasteiger charge is 2.49. The molecule has 2 unspecified atom stereocenters. The second kappa shape index (κ2) is 9.61. The third-order valence-electron chi connectivity index (χ3n) is 6.52. The van der Waals surface area contributed by atoms with Gasteiger partial charge in [0.1, 0.15) is 0 Å². The van der Waals surface area contributed by atoms with E-state index in [2.05, 4.69) is 29.4 Å². The molecule has 142 valence electrons. The molecule has 1 saturated carbocycles. The summed E-state index contributed by atoms with van der Waals surface area (Å²) in [5.74, 6) is 0.883. The molecule has 4 atom stereocenters. The first-order valence-corrected chi connectivity index (χ1v) is 9.38. The smallest absolute Gasteiger partial charge is 0.227 e. The van der Waals surface area contributed by atoms with Crippen LogP contribution in [0.5, 0.6) is 0 Å². The molecular formula is C18H35Cl2N3O. The Kier molecular flexibility index (Phi) is 8.81. The number of hydrogen-bond acceptors (Lipinski definition) is 3. The molecule has 0 aromatic rings. The topological polar surface area (TPSA) is 44.4 Å². The van der Waals surface area contributed by atoms with Crippen LogP contribution in [0.3, 0.4) is 0 Å². The number of halogens is 2. The summed E-state index contributed by atoms with van der Waals surface area (Å²) in [5.41, 5.74) is -0.0998. The normalized spacial score (nSPS) is 36.2. The number of nitrogens with zero attached hydrogens (tertiary/aromatic N) is 1. The molecule has 0 bridgehead atoms. The predicted molar refractivity (Wildman–Crippen MR) is 104 cm³/mol. The number of likely N-dealkylation sites (tertiary alicyclic amines) is 1. The Hall–Kier alpha value is -0.0300. The van der Waals surface area contributed by atoms with Crippen LogP contribution < -0.4 is 10.6 Å². The van der Waals surface area contributed by atoms with E-state index in [-0.39, 0.29) is 30.2 Å². The van der Waals surface area contributed by atoms with Crippen LogP contribution in [0.25, 0.3) is 0 Å². The van der Waals surface area contributed by atoms with Crippen molar-refractivity contribution in [2.75, 3.05) is 26.2 Å². The summed E-state index contributed by atoms with van der Waals surface area (Å²) in [6, 6.07) is 1.32. The van der Waals surface area contributed by atoms with Crippen molar-refractivity contribution in [2.24, 2.45) is 11.3 Å². The van der Waals surface area contributed by atoms with Gasteiger partial charge < -0.3 is 10.6 Å². The second-order valence-corrected chi connectivity index (χ2v) is 7.85. The van der Waals surface area contributed by atoms with Gasteiger partial charge in [-0.3, -0.25) is 9.69 Å². The fourth-order valence-corrected chi connectivity index (χ4v) is 5.08. The van der Waals surface area contributed by atoms with Gasteiger partial charge in [-0.25, -0.2) is 0 Å². The monoisotopic (exact) mass is 379 g/mol. The Labute approximate surface area is 159 Å². The van der Waals surface area contributed by atoms with Crippen LogP contribution in [-0.4, -0.2) is 49.1 Å². The predicted octanol–water partition coefficient (Wildman–Crippen LogP) is 2.99. The summed E-state index contributed by atoms with van der Waals surface area (Å²) in [6.45, 7) is 8.39. The molecule has 0 spiro atoms. The number of hydrogen-bond donors (Lipinski definition) is 2. The molecule has 0 aromatic carbocycles. The first kappa shape index (κ1) is 22.0. The average Bonchev–Trinajstić information content (AvgIpc) is 2.95. The zero-order valence-electron chi connectivity index (χ0n) is 15.2. The van der Waals surface area contributed by atoms with E-state index < -0.39 is 0 Å². The lowest BCUT2D eigenvalue weighted by Gasteiger charge is -2.40. The molecule has 0 aromatic heterocycles. The lowest BCUT2D eigenvalue weighted by atomic mass is 9.67. The Balaban J connectivity index is 0.00000144. The van der Waals surface area contributed by atoms with Gasteiger partial charge in [-0.15, -0.1) is 24.8 Å². The molecule has 2 aliphatic heterocycles. The number of piperidine rings is 1. The van der Waals surface area contributed by atoms with E-state index in [9.17, 15) is 4.79 Å². The van der Waals surface area contributed by atoms with Crippen molar-refractivity contribution in [1.29, 1.82) is 0 Å². The van der Waals surface area contributed by atoms with Gasteiger partial charge in [0.05, 0.1) is 5.41 Å². The maximum absolute atomic E-state index is 12.8. The minimum Gasteiger partial charge on any atom is -0.354 e. The van der Waals surface area contributed by atoms with Crippen LogP contribution in [0.4, 0.5) is 0 Å². The van der Waals surface area contributed by atoms with Crippen molar-refractivity contribution in [3.05, 3.63) is 0 Å². The number of carbonyl (C=O) groups is 1. The molecular weight excluding hydrogens is 345 g/mol. The summed E-state index contributed by atoms with van der Waals surface area (Å²) in [6.07, 6.45) is 8.76.